The van der Waals surface area contributed by atoms with Crippen molar-refractivity contribution in [3.05, 3.63) is 48.3 Å². The fraction of sp³-hybridized carbons (Fsp3) is 0.421. The van der Waals surface area contributed by atoms with Crippen molar-refractivity contribution in [1.29, 1.82) is 0 Å². The summed E-state index contributed by atoms with van der Waals surface area (Å²) in [5.41, 5.74) is 2.13. The van der Waals surface area contributed by atoms with Crippen molar-refractivity contribution >= 4 is 11.6 Å². The molecule has 2 atom stereocenters. The Labute approximate surface area is 143 Å². The summed E-state index contributed by atoms with van der Waals surface area (Å²) >= 11 is 0. The summed E-state index contributed by atoms with van der Waals surface area (Å²) in [6.45, 7) is 4.15. The predicted octanol–water partition coefficient (Wildman–Crippen LogP) is 1.78. The van der Waals surface area contributed by atoms with Gasteiger partial charge in [0.1, 0.15) is 11.8 Å². The molecule has 5 heteroatoms. The Hall–Kier alpha value is -2.27. The number of anilines is 1. The number of amides is 1. The highest BCUT2D eigenvalue weighted by Crippen LogP contribution is 2.19. The summed E-state index contributed by atoms with van der Waals surface area (Å²) < 4.78 is 7.59. The molecule has 1 amide bonds. The van der Waals surface area contributed by atoms with Crippen LogP contribution in [0.5, 0.6) is 5.75 Å². The van der Waals surface area contributed by atoms with Gasteiger partial charge in [0.25, 0.3) is 5.91 Å². The van der Waals surface area contributed by atoms with Crippen molar-refractivity contribution < 1.29 is 14.4 Å². The lowest BCUT2D eigenvalue weighted by molar-refractivity contribution is -0.910. The first-order valence-electron chi connectivity index (χ1n) is 8.66. The Morgan fingerprint density at radius 3 is 2.79 bits per heavy atom. The van der Waals surface area contributed by atoms with Gasteiger partial charge in [-0.3, -0.25) is 4.79 Å². The molecule has 5 nitrogen and oxygen atoms in total. The first-order valence-corrected chi connectivity index (χ1v) is 8.66. The first kappa shape index (κ1) is 16.6. The SMILES string of the molecule is CCOc1ccc(NC(=O)C[NH+]2CCC[C@H]2c2cccn2C)cc1. The monoisotopic (exact) mass is 328 g/mol. The number of quaternary nitrogens is 1. The van der Waals surface area contributed by atoms with Crippen molar-refractivity contribution in [1.82, 2.24) is 4.57 Å². The Morgan fingerprint density at radius 2 is 2.12 bits per heavy atom. The second-order valence-electron chi connectivity index (χ2n) is 6.33. The molecular weight excluding hydrogens is 302 g/mol. The predicted molar refractivity (Wildman–Crippen MR) is 94.3 cm³/mol. The van der Waals surface area contributed by atoms with Crippen LogP contribution in [0.3, 0.4) is 0 Å². The van der Waals surface area contributed by atoms with Crippen molar-refractivity contribution in [2.75, 3.05) is 25.0 Å². The molecule has 0 bridgehead atoms. The lowest BCUT2D eigenvalue weighted by Crippen LogP contribution is -3.11. The van der Waals surface area contributed by atoms with E-state index < -0.39 is 0 Å². The van der Waals surface area contributed by atoms with Gasteiger partial charge in [-0.1, -0.05) is 0 Å². The van der Waals surface area contributed by atoms with Crippen molar-refractivity contribution in [2.45, 2.75) is 25.8 Å². The smallest absolute Gasteiger partial charge is 0.279 e. The Bertz CT molecular complexity index is 678. The molecule has 0 aliphatic carbocycles. The Balaban J connectivity index is 1.59. The lowest BCUT2D eigenvalue weighted by atomic mass is 10.1. The second-order valence-corrected chi connectivity index (χ2v) is 6.33. The summed E-state index contributed by atoms with van der Waals surface area (Å²) in [4.78, 5) is 13.8. The number of likely N-dealkylation sites (tertiary alicyclic amines) is 1. The van der Waals surface area contributed by atoms with Crippen LogP contribution in [0.25, 0.3) is 0 Å². The molecule has 1 aliphatic rings. The Morgan fingerprint density at radius 1 is 1.33 bits per heavy atom. The van der Waals surface area contributed by atoms with Gasteiger partial charge < -0.3 is 19.5 Å². The number of nitrogens with one attached hydrogen (secondary N) is 2. The molecular formula is C19H26N3O2+. The average molecular weight is 328 g/mol. The molecule has 128 valence electrons. The number of rotatable bonds is 6. The molecule has 1 saturated heterocycles. The molecule has 0 saturated carbocycles. The standard InChI is InChI=1S/C19H25N3O2/c1-3-24-16-10-8-15(9-11-16)20-19(23)14-22-13-5-7-18(22)17-6-4-12-21(17)2/h4,6,8-12,18H,3,5,7,13-14H2,1-2H3,(H,20,23)/p+1/t18-/m0/s1. The van der Waals surface area contributed by atoms with Gasteiger partial charge in [0.05, 0.1) is 18.8 Å². The highest BCUT2D eigenvalue weighted by atomic mass is 16.5. The van der Waals surface area contributed by atoms with Crippen LogP contribution in [0.4, 0.5) is 5.69 Å². The number of benzene rings is 1. The molecule has 1 unspecified atom stereocenters. The average Bonchev–Trinajstić information content (AvgIpc) is 3.18. The van der Waals surface area contributed by atoms with Crippen LogP contribution in [0, 0.1) is 0 Å². The molecule has 3 rings (SSSR count). The van der Waals surface area contributed by atoms with E-state index in [-0.39, 0.29) is 5.91 Å². The highest BCUT2D eigenvalue weighted by molar-refractivity contribution is 5.91. The molecule has 1 fully saturated rings. The maximum atomic E-state index is 12.4. The maximum absolute atomic E-state index is 12.4. The van der Waals surface area contributed by atoms with E-state index in [1.807, 2.05) is 31.2 Å². The van der Waals surface area contributed by atoms with Crippen LogP contribution < -0.4 is 15.0 Å². The minimum atomic E-state index is 0.0651. The van der Waals surface area contributed by atoms with E-state index in [0.717, 1.165) is 24.4 Å². The number of ether oxygens (including phenoxy) is 1. The number of hydrogen-bond acceptors (Lipinski definition) is 2. The topological polar surface area (TPSA) is 47.7 Å². The third-order valence-electron chi connectivity index (χ3n) is 4.66. The van der Waals surface area contributed by atoms with Crippen LogP contribution >= 0.6 is 0 Å². The van der Waals surface area contributed by atoms with Crippen LogP contribution in [-0.4, -0.2) is 30.2 Å². The lowest BCUT2D eigenvalue weighted by Gasteiger charge is -2.21. The molecule has 0 radical (unpaired) electrons. The van der Waals surface area contributed by atoms with E-state index in [1.54, 1.807) is 0 Å². The number of aromatic nitrogens is 1. The number of carbonyl (C=O) groups excluding carboxylic acids is 1. The summed E-state index contributed by atoms with van der Waals surface area (Å²) in [5, 5.41) is 3.00. The third kappa shape index (κ3) is 3.79. The van der Waals surface area contributed by atoms with Gasteiger partial charge in [-0.25, -0.2) is 0 Å². The number of aryl methyl sites for hydroxylation is 1. The fourth-order valence-electron chi connectivity index (χ4n) is 3.53. The van der Waals surface area contributed by atoms with E-state index in [1.165, 1.54) is 17.0 Å². The van der Waals surface area contributed by atoms with E-state index in [4.69, 9.17) is 4.74 Å². The third-order valence-corrected chi connectivity index (χ3v) is 4.66. The van der Waals surface area contributed by atoms with Crippen LogP contribution in [0.2, 0.25) is 0 Å². The summed E-state index contributed by atoms with van der Waals surface area (Å²) in [6.07, 6.45) is 4.39. The molecule has 0 spiro atoms. The molecule has 2 N–H and O–H groups in total. The van der Waals surface area contributed by atoms with Gasteiger partial charge in [0.2, 0.25) is 0 Å². The molecule has 2 aromatic rings. The normalized spacial score (nSPS) is 20.1. The number of hydrogen-bond donors (Lipinski definition) is 2. The maximum Gasteiger partial charge on any atom is 0.279 e. The highest BCUT2D eigenvalue weighted by Gasteiger charge is 2.32. The zero-order valence-electron chi connectivity index (χ0n) is 14.4. The summed E-state index contributed by atoms with van der Waals surface area (Å²) in [6, 6.07) is 12.2. The van der Waals surface area contributed by atoms with E-state index in [0.29, 0.717) is 19.2 Å². The largest absolute Gasteiger partial charge is 0.494 e. The van der Waals surface area contributed by atoms with E-state index >= 15 is 0 Å². The number of carbonyl (C=O) groups is 1. The fourth-order valence-corrected chi connectivity index (χ4v) is 3.53. The van der Waals surface area contributed by atoms with Crippen LogP contribution in [0.1, 0.15) is 31.5 Å². The van der Waals surface area contributed by atoms with Crippen LogP contribution in [-0.2, 0) is 11.8 Å². The summed E-state index contributed by atoms with van der Waals surface area (Å²) in [7, 11) is 2.07. The minimum absolute atomic E-state index is 0.0651. The quantitative estimate of drug-likeness (QED) is 0.849. The zero-order chi connectivity index (χ0) is 16.9. The molecule has 1 aliphatic heterocycles. The second kappa shape index (κ2) is 7.53. The van der Waals surface area contributed by atoms with E-state index in [2.05, 4.69) is 35.3 Å². The zero-order valence-corrected chi connectivity index (χ0v) is 14.4. The van der Waals surface area contributed by atoms with Gasteiger partial charge in [-0.2, -0.15) is 0 Å². The molecule has 24 heavy (non-hydrogen) atoms. The first-order chi connectivity index (χ1) is 11.7. The molecule has 2 heterocycles. The van der Waals surface area contributed by atoms with Gasteiger partial charge in [-0.15, -0.1) is 0 Å². The van der Waals surface area contributed by atoms with Crippen molar-refractivity contribution in [3.8, 4) is 5.75 Å². The number of nitrogens with zero attached hydrogens (tertiary/aromatic N) is 1. The summed E-state index contributed by atoms with van der Waals surface area (Å²) in [5.74, 6) is 0.889. The Kier molecular flexibility index (Phi) is 5.20. The van der Waals surface area contributed by atoms with Gasteiger partial charge in [0.15, 0.2) is 6.54 Å². The van der Waals surface area contributed by atoms with Gasteiger partial charge >= 0.3 is 0 Å². The van der Waals surface area contributed by atoms with Crippen molar-refractivity contribution in [3.63, 3.8) is 0 Å². The van der Waals surface area contributed by atoms with E-state index in [9.17, 15) is 4.79 Å². The van der Waals surface area contributed by atoms with Crippen molar-refractivity contribution in [2.24, 2.45) is 7.05 Å². The van der Waals surface area contributed by atoms with Crippen LogP contribution in [0.15, 0.2) is 42.6 Å². The minimum Gasteiger partial charge on any atom is -0.494 e. The van der Waals surface area contributed by atoms with Gasteiger partial charge in [0, 0.05) is 31.8 Å². The molecule has 1 aromatic heterocycles. The molecule has 1 aromatic carbocycles. The van der Waals surface area contributed by atoms with Gasteiger partial charge in [-0.05, 0) is 43.3 Å².